The Morgan fingerprint density at radius 1 is 1.35 bits per heavy atom. The van der Waals surface area contributed by atoms with Crippen molar-refractivity contribution in [2.45, 2.75) is 26.4 Å². The lowest BCUT2D eigenvalue weighted by Gasteiger charge is -2.36. The summed E-state index contributed by atoms with van der Waals surface area (Å²) in [5.41, 5.74) is 1.09. The molecule has 5 heteroatoms. The van der Waals surface area contributed by atoms with Crippen molar-refractivity contribution in [2.75, 3.05) is 31.1 Å². The van der Waals surface area contributed by atoms with Gasteiger partial charge in [0.15, 0.2) is 0 Å². The molecule has 1 amide bonds. The molecule has 1 aromatic rings. The third-order valence-corrected chi connectivity index (χ3v) is 3.58. The van der Waals surface area contributed by atoms with Crippen LogP contribution in [0.5, 0.6) is 0 Å². The van der Waals surface area contributed by atoms with Crippen LogP contribution in [-0.2, 0) is 4.79 Å². The summed E-state index contributed by atoms with van der Waals surface area (Å²) in [6.07, 6.45) is 3.26. The number of hydrogen-bond donors (Lipinski definition) is 1. The minimum absolute atomic E-state index is 0.135. The van der Waals surface area contributed by atoms with Gasteiger partial charge in [-0.3, -0.25) is 9.78 Å². The molecule has 0 unspecified atom stereocenters. The molecule has 5 nitrogen and oxygen atoms in total. The smallest absolute Gasteiger partial charge is 0.251 e. The molecule has 0 bridgehead atoms. The molecular formula is C15H23N3O2. The molecule has 2 heterocycles. The van der Waals surface area contributed by atoms with Gasteiger partial charge in [-0.1, -0.05) is 13.8 Å². The van der Waals surface area contributed by atoms with Crippen LogP contribution in [-0.4, -0.2) is 53.2 Å². The van der Waals surface area contributed by atoms with E-state index in [0.717, 1.165) is 18.8 Å². The van der Waals surface area contributed by atoms with E-state index in [0.29, 0.717) is 25.4 Å². The van der Waals surface area contributed by atoms with E-state index in [9.17, 15) is 9.90 Å². The molecule has 1 N–H and O–H groups in total. The minimum Gasteiger partial charge on any atom is -0.383 e. The topological polar surface area (TPSA) is 56.7 Å². The number of anilines is 1. The standard InChI is InChI=1S/C15H23N3O2/c1-12(2)10-14(19)15(20)18-8-6-17(7-9-18)13-4-3-5-16-11-13/h3-5,11-12,14,19H,6-10H2,1-2H3/t14-/m1/s1. The van der Waals surface area contributed by atoms with Gasteiger partial charge in [-0.15, -0.1) is 0 Å². The van der Waals surface area contributed by atoms with Gasteiger partial charge in [0.1, 0.15) is 6.10 Å². The Hall–Kier alpha value is -1.62. The normalized spacial score (nSPS) is 17.4. The number of aromatic nitrogens is 1. The van der Waals surface area contributed by atoms with Gasteiger partial charge in [-0.05, 0) is 24.5 Å². The van der Waals surface area contributed by atoms with Gasteiger partial charge in [0.25, 0.3) is 5.91 Å². The number of rotatable bonds is 4. The molecule has 1 saturated heterocycles. The summed E-state index contributed by atoms with van der Waals surface area (Å²) < 4.78 is 0. The molecule has 2 rings (SSSR count). The molecule has 20 heavy (non-hydrogen) atoms. The fourth-order valence-corrected chi connectivity index (χ4v) is 2.48. The SMILES string of the molecule is CC(C)C[C@@H](O)C(=O)N1CCN(c2cccnc2)CC1. The highest BCUT2D eigenvalue weighted by Gasteiger charge is 2.26. The van der Waals surface area contributed by atoms with Crippen molar-refractivity contribution in [1.82, 2.24) is 9.88 Å². The van der Waals surface area contributed by atoms with Gasteiger partial charge < -0.3 is 14.9 Å². The average Bonchev–Trinajstić information content (AvgIpc) is 2.47. The van der Waals surface area contributed by atoms with Crippen LogP contribution in [0.15, 0.2) is 24.5 Å². The van der Waals surface area contributed by atoms with Gasteiger partial charge in [0.2, 0.25) is 0 Å². The zero-order valence-corrected chi connectivity index (χ0v) is 12.2. The van der Waals surface area contributed by atoms with Crippen LogP contribution in [0.3, 0.4) is 0 Å². The Morgan fingerprint density at radius 3 is 2.60 bits per heavy atom. The second-order valence-electron chi connectivity index (χ2n) is 5.67. The van der Waals surface area contributed by atoms with Gasteiger partial charge >= 0.3 is 0 Å². The lowest BCUT2D eigenvalue weighted by Crippen LogP contribution is -2.51. The van der Waals surface area contributed by atoms with E-state index in [1.807, 2.05) is 32.2 Å². The van der Waals surface area contributed by atoms with Crippen LogP contribution in [0.2, 0.25) is 0 Å². The first kappa shape index (κ1) is 14.8. The van der Waals surface area contributed by atoms with Gasteiger partial charge in [0.05, 0.1) is 11.9 Å². The van der Waals surface area contributed by atoms with Crippen LogP contribution >= 0.6 is 0 Å². The zero-order chi connectivity index (χ0) is 14.5. The second kappa shape index (κ2) is 6.70. The fourth-order valence-electron chi connectivity index (χ4n) is 2.48. The Balaban J connectivity index is 1.86. The lowest BCUT2D eigenvalue weighted by molar-refractivity contribution is -0.141. The van der Waals surface area contributed by atoms with Crippen LogP contribution in [0.1, 0.15) is 20.3 Å². The van der Waals surface area contributed by atoms with Crippen LogP contribution < -0.4 is 4.90 Å². The number of aliphatic hydroxyl groups excluding tert-OH is 1. The maximum absolute atomic E-state index is 12.1. The quantitative estimate of drug-likeness (QED) is 0.896. The number of aliphatic hydroxyl groups is 1. The number of piperazine rings is 1. The molecular weight excluding hydrogens is 254 g/mol. The van der Waals surface area contributed by atoms with E-state index < -0.39 is 6.10 Å². The van der Waals surface area contributed by atoms with E-state index in [2.05, 4.69) is 9.88 Å². The highest BCUT2D eigenvalue weighted by molar-refractivity contribution is 5.81. The summed E-state index contributed by atoms with van der Waals surface area (Å²) in [5.74, 6) is 0.190. The van der Waals surface area contributed by atoms with Crippen molar-refractivity contribution >= 4 is 11.6 Å². The van der Waals surface area contributed by atoms with Crippen molar-refractivity contribution in [3.8, 4) is 0 Å². The van der Waals surface area contributed by atoms with Crippen LogP contribution in [0.25, 0.3) is 0 Å². The summed E-state index contributed by atoms with van der Waals surface area (Å²) in [4.78, 5) is 20.2. The third-order valence-electron chi connectivity index (χ3n) is 3.58. The number of hydrogen-bond acceptors (Lipinski definition) is 4. The summed E-state index contributed by atoms with van der Waals surface area (Å²) in [7, 11) is 0. The molecule has 0 aromatic carbocycles. The van der Waals surface area contributed by atoms with Gasteiger partial charge in [-0.25, -0.2) is 0 Å². The molecule has 0 saturated carbocycles. The van der Waals surface area contributed by atoms with Crippen molar-refractivity contribution in [3.05, 3.63) is 24.5 Å². The zero-order valence-electron chi connectivity index (χ0n) is 12.2. The molecule has 0 radical (unpaired) electrons. The van der Waals surface area contributed by atoms with E-state index >= 15 is 0 Å². The summed E-state index contributed by atoms with van der Waals surface area (Å²) in [6, 6.07) is 3.94. The summed E-state index contributed by atoms with van der Waals surface area (Å²) in [6.45, 7) is 6.90. The Kier molecular flexibility index (Phi) is 4.95. The monoisotopic (exact) mass is 277 g/mol. The highest BCUT2D eigenvalue weighted by Crippen LogP contribution is 2.15. The van der Waals surface area contributed by atoms with Crippen molar-refractivity contribution < 1.29 is 9.90 Å². The van der Waals surface area contributed by atoms with E-state index in [-0.39, 0.29) is 5.91 Å². The largest absolute Gasteiger partial charge is 0.383 e. The molecule has 1 aromatic heterocycles. The Labute approximate surface area is 120 Å². The number of carbonyl (C=O) groups is 1. The average molecular weight is 277 g/mol. The number of nitrogens with zero attached hydrogens (tertiary/aromatic N) is 3. The molecule has 1 aliphatic rings. The number of amides is 1. The summed E-state index contributed by atoms with van der Waals surface area (Å²) in [5, 5.41) is 9.91. The number of pyridine rings is 1. The van der Waals surface area contributed by atoms with Crippen LogP contribution in [0.4, 0.5) is 5.69 Å². The molecule has 1 aliphatic heterocycles. The van der Waals surface area contributed by atoms with E-state index in [1.165, 1.54) is 0 Å². The molecule has 0 aliphatic carbocycles. The first-order valence-electron chi connectivity index (χ1n) is 7.19. The Bertz CT molecular complexity index is 428. The van der Waals surface area contributed by atoms with Crippen molar-refractivity contribution in [1.29, 1.82) is 0 Å². The minimum atomic E-state index is -0.861. The lowest BCUT2D eigenvalue weighted by atomic mass is 10.0. The Morgan fingerprint density at radius 2 is 2.05 bits per heavy atom. The second-order valence-corrected chi connectivity index (χ2v) is 5.67. The van der Waals surface area contributed by atoms with Gasteiger partial charge in [-0.2, -0.15) is 0 Å². The van der Waals surface area contributed by atoms with Crippen LogP contribution in [0, 0.1) is 5.92 Å². The maximum atomic E-state index is 12.1. The van der Waals surface area contributed by atoms with Crippen molar-refractivity contribution in [3.63, 3.8) is 0 Å². The first-order chi connectivity index (χ1) is 9.58. The predicted molar refractivity (Wildman–Crippen MR) is 78.5 cm³/mol. The third kappa shape index (κ3) is 3.70. The molecule has 1 atom stereocenters. The molecule has 0 spiro atoms. The maximum Gasteiger partial charge on any atom is 0.251 e. The van der Waals surface area contributed by atoms with Crippen molar-refractivity contribution in [2.24, 2.45) is 5.92 Å². The van der Waals surface area contributed by atoms with E-state index in [1.54, 1.807) is 11.1 Å². The fraction of sp³-hybridized carbons (Fsp3) is 0.600. The van der Waals surface area contributed by atoms with Gasteiger partial charge in [0, 0.05) is 32.4 Å². The molecule has 110 valence electrons. The number of carbonyl (C=O) groups excluding carboxylic acids is 1. The highest BCUT2D eigenvalue weighted by atomic mass is 16.3. The summed E-state index contributed by atoms with van der Waals surface area (Å²) >= 11 is 0. The molecule has 1 fully saturated rings. The first-order valence-corrected chi connectivity index (χ1v) is 7.19. The van der Waals surface area contributed by atoms with E-state index in [4.69, 9.17) is 0 Å². The predicted octanol–water partition coefficient (Wildman–Crippen LogP) is 1.14.